The van der Waals surface area contributed by atoms with Crippen LogP contribution in [0, 0.1) is 11.8 Å². The molecule has 4 aromatic rings. The minimum atomic E-state index is -4.81. The van der Waals surface area contributed by atoms with Crippen molar-refractivity contribution in [1.82, 2.24) is 19.6 Å². The minimum Gasteiger partial charge on any atom is -0.480 e. The molecule has 0 aliphatic carbocycles. The molecule has 0 saturated carbocycles. The number of halogens is 12. The predicted molar refractivity (Wildman–Crippen MR) is 373 cm³/mol. The number of alkyl halides is 12. The third kappa shape index (κ3) is 34.5. The summed E-state index contributed by atoms with van der Waals surface area (Å²) in [6.45, 7) is 33.5. The number of carboxylic acids is 1. The van der Waals surface area contributed by atoms with Crippen LogP contribution >= 0.6 is 0 Å². The monoisotopic (exact) mass is 1560 g/mol. The van der Waals surface area contributed by atoms with Gasteiger partial charge in [-0.1, -0.05) is 80.6 Å². The molecule has 22 nitrogen and oxygen atoms in total. The molecule has 0 unspecified atom stereocenters. The second-order valence-electron chi connectivity index (χ2n) is 30.1. The second-order valence-corrected chi connectivity index (χ2v) is 30.1. The fourth-order valence-electron chi connectivity index (χ4n) is 11.1. The molecule has 0 bridgehead atoms. The van der Waals surface area contributed by atoms with Crippen molar-refractivity contribution in [3.8, 4) is 23.0 Å². The van der Waals surface area contributed by atoms with Gasteiger partial charge in [0.1, 0.15) is 51.4 Å². The highest BCUT2D eigenvalue weighted by Gasteiger charge is 2.44. The zero-order chi connectivity index (χ0) is 82.9. The Bertz CT molecular complexity index is 3720. The van der Waals surface area contributed by atoms with Crippen molar-refractivity contribution < 1.29 is 134 Å². The molecular weight excluding hydrogens is 1470 g/mol. The van der Waals surface area contributed by atoms with Crippen LogP contribution in [0.1, 0.15) is 139 Å². The number of anilines is 1. The molecule has 8 rings (SSSR count). The molecule has 0 radical (unpaired) electrons. The van der Waals surface area contributed by atoms with Gasteiger partial charge in [0, 0.05) is 63.6 Å². The number of ketones is 3. The van der Waals surface area contributed by atoms with Crippen molar-refractivity contribution in [1.29, 1.82) is 0 Å². The summed E-state index contributed by atoms with van der Waals surface area (Å²) >= 11 is 0. The maximum Gasteiger partial charge on any atom is 0.573 e. The average molecular weight is 1560 g/mol. The van der Waals surface area contributed by atoms with Crippen molar-refractivity contribution >= 4 is 53.4 Å². The number of carbonyl (C=O) groups is 8. The van der Waals surface area contributed by atoms with E-state index in [9.17, 15) is 91.0 Å². The molecule has 109 heavy (non-hydrogen) atoms. The Morgan fingerprint density at radius 2 is 0.661 bits per heavy atom. The van der Waals surface area contributed by atoms with Crippen molar-refractivity contribution in [3.63, 3.8) is 0 Å². The summed E-state index contributed by atoms with van der Waals surface area (Å²) < 4.78 is 182. The summed E-state index contributed by atoms with van der Waals surface area (Å²) in [5.74, 6) is -3.00. The number of carboxylic acid groups (broad SMARTS) is 1. The van der Waals surface area contributed by atoms with E-state index in [-0.39, 0.29) is 84.5 Å². The molecular formula is C75H93F12N5O17. The van der Waals surface area contributed by atoms with Crippen molar-refractivity contribution in [2.75, 3.05) is 31.9 Å². The highest BCUT2D eigenvalue weighted by molar-refractivity contribution is 5.92. The normalized spacial score (nSPS) is 18.9. The average Bonchev–Trinajstić information content (AvgIpc) is 1.71. The molecule has 34 heteroatoms. The number of amides is 4. The van der Waals surface area contributed by atoms with E-state index in [0.29, 0.717) is 61.0 Å². The van der Waals surface area contributed by atoms with Gasteiger partial charge in [-0.05, 0) is 179 Å². The molecule has 4 aromatic carbocycles. The third-order valence-corrected chi connectivity index (χ3v) is 15.1. The van der Waals surface area contributed by atoms with Crippen LogP contribution in [0.25, 0.3) is 0 Å². The smallest absolute Gasteiger partial charge is 0.480 e. The van der Waals surface area contributed by atoms with E-state index >= 15 is 0 Å². The van der Waals surface area contributed by atoms with Gasteiger partial charge < -0.3 is 48.7 Å². The van der Waals surface area contributed by atoms with Crippen molar-refractivity contribution in [3.05, 3.63) is 138 Å². The summed E-state index contributed by atoms with van der Waals surface area (Å²) in [4.78, 5) is 103. The number of nitrogens with two attached hydrogens (primary N) is 1. The molecule has 3 N–H and O–H groups in total. The zero-order valence-electron chi connectivity index (χ0n) is 62.8. The van der Waals surface area contributed by atoms with E-state index in [1.54, 1.807) is 95.2 Å². The fourth-order valence-corrected chi connectivity index (χ4v) is 11.1. The van der Waals surface area contributed by atoms with Crippen LogP contribution in [-0.4, -0.2) is 171 Å². The van der Waals surface area contributed by atoms with Crippen LogP contribution in [-0.2, 0) is 57.4 Å². The predicted octanol–water partition coefficient (Wildman–Crippen LogP) is 16.8. The van der Waals surface area contributed by atoms with Crippen LogP contribution in [0.5, 0.6) is 23.0 Å². The van der Waals surface area contributed by atoms with Gasteiger partial charge in [-0.2, -0.15) is 0 Å². The Morgan fingerprint density at radius 1 is 0.404 bits per heavy atom. The van der Waals surface area contributed by atoms with Gasteiger partial charge in [-0.15, -0.1) is 52.7 Å². The number of hydrogen-bond donors (Lipinski definition) is 2. The molecule has 0 aromatic heterocycles. The van der Waals surface area contributed by atoms with E-state index in [0.717, 1.165) is 23.8 Å². The minimum absolute atomic E-state index is 0.0915. The van der Waals surface area contributed by atoms with Gasteiger partial charge in [0.15, 0.2) is 17.3 Å². The molecule has 4 heterocycles. The zero-order valence-corrected chi connectivity index (χ0v) is 62.8. The van der Waals surface area contributed by atoms with Crippen LogP contribution in [0.2, 0.25) is 0 Å². The van der Waals surface area contributed by atoms with E-state index in [2.05, 4.69) is 32.1 Å². The van der Waals surface area contributed by atoms with Crippen LogP contribution in [0.4, 0.5) is 77.6 Å². The topological polar surface area (TPSA) is 270 Å². The lowest BCUT2D eigenvalue weighted by Crippen LogP contribution is -2.43. The molecule has 4 amide bonds. The lowest BCUT2D eigenvalue weighted by Gasteiger charge is -2.28. The highest BCUT2D eigenvalue weighted by Crippen LogP contribution is 2.34. The number of carbonyl (C=O) groups excluding carboxylic acids is 7. The first-order chi connectivity index (χ1) is 49.7. The lowest BCUT2D eigenvalue weighted by molar-refractivity contribution is -0.275. The summed E-state index contributed by atoms with van der Waals surface area (Å²) in [6.07, 6.45) is -20.1. The number of nitrogen functional groups attached to an aromatic ring is 1. The molecule has 4 fully saturated rings. The van der Waals surface area contributed by atoms with Crippen molar-refractivity contribution in [2.45, 2.75) is 214 Å². The van der Waals surface area contributed by atoms with Crippen LogP contribution < -0.4 is 24.7 Å². The number of hydrogen-bond acceptors (Lipinski definition) is 17. The maximum atomic E-state index is 12.7. The van der Waals surface area contributed by atoms with E-state index in [1.807, 2.05) is 13.8 Å². The Kier molecular flexibility index (Phi) is 31.4. The fraction of sp³-hybridized carbons (Fsp3) is 0.520. The van der Waals surface area contributed by atoms with Gasteiger partial charge in [-0.25, -0.2) is 24.0 Å². The van der Waals surface area contributed by atoms with Crippen LogP contribution in [0.15, 0.2) is 121 Å². The Labute approximate surface area is 623 Å². The molecule has 4 aliphatic rings. The number of ether oxygens (including phenoxy) is 8. The lowest BCUT2D eigenvalue weighted by atomic mass is 9.99. The summed E-state index contributed by atoms with van der Waals surface area (Å²) in [5, 5.41) is 8.96. The molecule has 6 atom stereocenters. The Morgan fingerprint density at radius 3 is 0.936 bits per heavy atom. The Balaban J connectivity index is 0.000000296. The SMILES string of the molecule is C=C1C[C@@H](C(=O)Cc2cccc(OC(F)(F)F)c2)N(C(=O)OC(C)(C)C)C1.C=C1C[C@@H](C(=O)O)N(C(=O)OC(C)(C)C)C1.C[C@@H]1C[C@@H](C(=O)Cc2cccc(OC(F)(F)F)c2)N(C(=O)OC(C)(C)C)C1.C[C@H]1C[C@@H](C(=O)Cc2cccc(OC(F)(F)F)c2)N(C(=O)OC(C)(C)C)C1.Nc1cccc(OC(F)(F)F)c1. The number of likely N-dealkylation sites (tertiary alicyclic amines) is 4. The van der Waals surface area contributed by atoms with E-state index in [4.69, 9.17) is 29.8 Å². The van der Waals surface area contributed by atoms with Gasteiger partial charge >= 0.3 is 55.8 Å². The largest absolute Gasteiger partial charge is 0.573 e. The van der Waals surface area contributed by atoms with Crippen LogP contribution in [0.3, 0.4) is 0 Å². The summed E-state index contributed by atoms with van der Waals surface area (Å²) in [5.41, 5.74) is 5.37. The van der Waals surface area contributed by atoms with Crippen molar-refractivity contribution in [2.24, 2.45) is 11.8 Å². The van der Waals surface area contributed by atoms with Gasteiger partial charge in [0.05, 0.1) is 18.1 Å². The van der Waals surface area contributed by atoms with Gasteiger partial charge in [0.2, 0.25) is 0 Å². The first-order valence-corrected chi connectivity index (χ1v) is 34.0. The quantitative estimate of drug-likeness (QED) is 0.0514. The first-order valence-electron chi connectivity index (χ1n) is 34.0. The highest BCUT2D eigenvalue weighted by atomic mass is 19.4. The molecule has 4 aliphatic heterocycles. The number of aliphatic carboxylic acids is 1. The van der Waals surface area contributed by atoms with E-state index < -0.39 is 108 Å². The second kappa shape index (κ2) is 37.5. The molecule has 0 spiro atoms. The third-order valence-electron chi connectivity index (χ3n) is 15.1. The number of nitrogens with zero attached hydrogens (tertiary/aromatic N) is 4. The van der Waals surface area contributed by atoms with Gasteiger partial charge in [-0.3, -0.25) is 34.0 Å². The number of benzene rings is 4. The molecule has 604 valence electrons. The number of Topliss-reactive ketones (excluding diaryl/α,β-unsaturated/α-hetero) is 3. The maximum absolute atomic E-state index is 12.7. The standard InChI is InChI=1S/2C19H24F3NO4.C19H22F3NO4.C11H17NO4.C7H6F3NO/c3*1-12-8-15(23(11-12)17(25)27-18(2,3)4)16(24)10-13-6-5-7-14(9-13)26-19(20,21)22;1-7-5-8(9(13)14)12(6-7)10(15)16-11(2,3)4;8-7(9,10)12-6-3-1-2-5(11)4-6/h2*5-7,9,12,15H,8,10-11H2,1-4H3;5-7,9,15H,1,8,10-11H2,2-4H3;8H,1,5-6H2,2-4H3,(H,13,14);1-4H,11H2/t12-,15+;12-,15-;15-;8-;/m1000./s1. The summed E-state index contributed by atoms with van der Waals surface area (Å²) in [6, 6.07) is 18.1. The first kappa shape index (κ1) is 91.5. The van der Waals surface area contributed by atoms with E-state index in [1.165, 1.54) is 86.3 Å². The summed E-state index contributed by atoms with van der Waals surface area (Å²) in [7, 11) is 0. The molecule has 4 saturated heterocycles. The Hall–Kier alpha value is -9.92. The van der Waals surface area contributed by atoms with Gasteiger partial charge in [0.25, 0.3) is 0 Å². The number of rotatable bonds is 14.